The molecule has 1 aliphatic rings. The standard InChI is InChI=1S/C26H22N6O/c1-26(2,25-29-24(31-33-25)17-6-4-3-5-7-17)21-13-20(14-27-15-21)18-8-10-22-19(12-18)9-11-23-30-28-16-32(22)23/h3-8,10,12-16H,9,11H2,1-2H3. The van der Waals surface area contributed by atoms with Gasteiger partial charge in [-0.1, -0.05) is 41.6 Å². The van der Waals surface area contributed by atoms with Gasteiger partial charge in [0, 0.05) is 29.9 Å². The summed E-state index contributed by atoms with van der Waals surface area (Å²) in [5.41, 5.74) is 6.08. The highest BCUT2D eigenvalue weighted by atomic mass is 16.5. The van der Waals surface area contributed by atoms with E-state index in [-0.39, 0.29) is 0 Å². The van der Waals surface area contributed by atoms with Gasteiger partial charge in [0.25, 0.3) is 0 Å². The average Bonchev–Trinajstić information content (AvgIpc) is 3.55. The van der Waals surface area contributed by atoms with Crippen LogP contribution >= 0.6 is 0 Å². The summed E-state index contributed by atoms with van der Waals surface area (Å²) in [4.78, 5) is 9.23. The van der Waals surface area contributed by atoms with E-state index >= 15 is 0 Å². The van der Waals surface area contributed by atoms with E-state index in [2.05, 4.69) is 68.0 Å². The number of aryl methyl sites for hydroxylation is 2. The number of hydrogen-bond acceptors (Lipinski definition) is 6. The lowest BCUT2D eigenvalue weighted by molar-refractivity contribution is 0.332. The fourth-order valence-electron chi connectivity index (χ4n) is 4.32. The number of aromatic nitrogens is 6. The molecule has 7 heteroatoms. The summed E-state index contributed by atoms with van der Waals surface area (Å²) in [6.07, 6.45) is 7.40. The predicted octanol–water partition coefficient (Wildman–Crippen LogP) is 4.80. The molecule has 0 unspecified atom stereocenters. The minimum absolute atomic E-state index is 0.491. The molecule has 6 rings (SSSR count). The maximum atomic E-state index is 5.68. The van der Waals surface area contributed by atoms with Crippen LogP contribution < -0.4 is 0 Å². The molecule has 162 valence electrons. The molecule has 0 atom stereocenters. The molecule has 0 N–H and O–H groups in total. The number of rotatable bonds is 4. The molecular formula is C26H22N6O. The molecule has 4 heterocycles. The maximum Gasteiger partial charge on any atom is 0.237 e. The first-order valence-electron chi connectivity index (χ1n) is 11.0. The van der Waals surface area contributed by atoms with Crippen molar-refractivity contribution in [1.29, 1.82) is 0 Å². The number of hydrogen-bond donors (Lipinski definition) is 0. The average molecular weight is 435 g/mol. The Morgan fingerprint density at radius 2 is 1.79 bits per heavy atom. The Labute approximate surface area is 191 Å². The predicted molar refractivity (Wildman–Crippen MR) is 124 cm³/mol. The molecule has 1 aliphatic heterocycles. The van der Waals surface area contributed by atoms with Crippen molar-refractivity contribution in [3.63, 3.8) is 0 Å². The summed E-state index contributed by atoms with van der Waals surface area (Å²) < 4.78 is 7.75. The van der Waals surface area contributed by atoms with Gasteiger partial charge in [0.1, 0.15) is 12.2 Å². The van der Waals surface area contributed by atoms with Crippen LogP contribution in [0, 0.1) is 0 Å². The molecule has 0 amide bonds. The quantitative estimate of drug-likeness (QED) is 0.404. The van der Waals surface area contributed by atoms with E-state index in [1.165, 1.54) is 5.56 Å². The molecular weight excluding hydrogens is 412 g/mol. The SMILES string of the molecule is CC(C)(c1cncc(-c2ccc3c(c2)CCc2nncn2-3)c1)c1nc(-c2ccccc2)no1. The van der Waals surface area contributed by atoms with E-state index in [0.29, 0.717) is 11.7 Å². The van der Waals surface area contributed by atoms with Crippen LogP contribution in [0.2, 0.25) is 0 Å². The fourth-order valence-corrected chi connectivity index (χ4v) is 4.32. The van der Waals surface area contributed by atoms with Crippen molar-refractivity contribution < 1.29 is 4.52 Å². The molecule has 3 aromatic heterocycles. The second-order valence-corrected chi connectivity index (χ2v) is 8.84. The second-order valence-electron chi connectivity index (χ2n) is 8.84. The lowest BCUT2D eigenvalue weighted by Gasteiger charge is -2.21. The largest absolute Gasteiger partial charge is 0.338 e. The van der Waals surface area contributed by atoms with Crippen molar-refractivity contribution in [3.8, 4) is 28.2 Å². The number of fused-ring (bicyclic) bond motifs is 3. The van der Waals surface area contributed by atoms with Crippen molar-refractivity contribution in [2.45, 2.75) is 32.1 Å². The molecule has 2 aromatic carbocycles. The lowest BCUT2D eigenvalue weighted by Crippen LogP contribution is -2.20. The van der Waals surface area contributed by atoms with E-state index < -0.39 is 5.41 Å². The summed E-state index contributed by atoms with van der Waals surface area (Å²) >= 11 is 0. The van der Waals surface area contributed by atoms with Crippen molar-refractivity contribution in [1.82, 2.24) is 29.9 Å². The molecule has 0 fully saturated rings. The van der Waals surface area contributed by atoms with Gasteiger partial charge < -0.3 is 4.52 Å². The van der Waals surface area contributed by atoms with Gasteiger partial charge in [-0.25, -0.2) is 0 Å². The van der Waals surface area contributed by atoms with E-state index in [9.17, 15) is 0 Å². The van der Waals surface area contributed by atoms with E-state index in [0.717, 1.165) is 46.6 Å². The highest BCUT2D eigenvalue weighted by molar-refractivity contribution is 5.67. The normalized spacial score (nSPS) is 12.9. The monoisotopic (exact) mass is 434 g/mol. The second kappa shape index (κ2) is 7.48. The van der Waals surface area contributed by atoms with Crippen LogP contribution in [0.15, 0.2) is 77.8 Å². The third kappa shape index (κ3) is 3.33. The molecule has 0 radical (unpaired) electrons. The van der Waals surface area contributed by atoms with Crippen LogP contribution in [0.25, 0.3) is 28.2 Å². The Hall–Kier alpha value is -4.13. The zero-order chi connectivity index (χ0) is 22.4. The number of pyridine rings is 1. The van der Waals surface area contributed by atoms with Crippen LogP contribution in [0.5, 0.6) is 0 Å². The third-order valence-electron chi connectivity index (χ3n) is 6.36. The van der Waals surface area contributed by atoms with E-state index in [1.807, 2.05) is 42.7 Å². The van der Waals surface area contributed by atoms with Gasteiger partial charge in [0.2, 0.25) is 11.7 Å². The van der Waals surface area contributed by atoms with Crippen LogP contribution in [-0.4, -0.2) is 29.9 Å². The summed E-state index contributed by atoms with van der Waals surface area (Å²) in [6, 6.07) is 18.5. The Bertz CT molecular complexity index is 1450. The summed E-state index contributed by atoms with van der Waals surface area (Å²) in [6.45, 7) is 4.16. The molecule has 0 spiro atoms. The van der Waals surface area contributed by atoms with Crippen LogP contribution in [0.3, 0.4) is 0 Å². The van der Waals surface area contributed by atoms with Crippen LogP contribution in [0.4, 0.5) is 0 Å². The van der Waals surface area contributed by atoms with Crippen LogP contribution in [0.1, 0.15) is 36.7 Å². The Kier molecular flexibility index (Phi) is 4.43. The summed E-state index contributed by atoms with van der Waals surface area (Å²) in [5, 5.41) is 12.5. The Balaban J connectivity index is 1.34. The van der Waals surface area contributed by atoms with E-state index in [1.54, 1.807) is 6.33 Å². The van der Waals surface area contributed by atoms with Crippen molar-refractivity contribution in [3.05, 3.63) is 96.2 Å². The number of nitrogens with zero attached hydrogens (tertiary/aromatic N) is 6. The van der Waals surface area contributed by atoms with Gasteiger partial charge >= 0.3 is 0 Å². The zero-order valence-corrected chi connectivity index (χ0v) is 18.4. The first-order chi connectivity index (χ1) is 16.1. The maximum absolute atomic E-state index is 5.68. The minimum Gasteiger partial charge on any atom is -0.338 e. The third-order valence-corrected chi connectivity index (χ3v) is 6.36. The van der Waals surface area contributed by atoms with Crippen molar-refractivity contribution >= 4 is 0 Å². The first kappa shape index (κ1) is 19.5. The zero-order valence-electron chi connectivity index (χ0n) is 18.4. The summed E-state index contributed by atoms with van der Waals surface area (Å²) in [7, 11) is 0. The fraction of sp³-hybridized carbons (Fsp3) is 0.192. The highest BCUT2D eigenvalue weighted by Crippen LogP contribution is 2.34. The van der Waals surface area contributed by atoms with E-state index in [4.69, 9.17) is 4.52 Å². The summed E-state index contributed by atoms with van der Waals surface area (Å²) in [5.74, 6) is 2.16. The molecule has 33 heavy (non-hydrogen) atoms. The van der Waals surface area contributed by atoms with Gasteiger partial charge in [-0.15, -0.1) is 10.2 Å². The van der Waals surface area contributed by atoms with Gasteiger partial charge in [-0.2, -0.15) is 4.98 Å². The molecule has 7 nitrogen and oxygen atoms in total. The van der Waals surface area contributed by atoms with Gasteiger partial charge in [0.15, 0.2) is 0 Å². The van der Waals surface area contributed by atoms with Gasteiger partial charge in [-0.3, -0.25) is 9.55 Å². The smallest absolute Gasteiger partial charge is 0.237 e. The van der Waals surface area contributed by atoms with Gasteiger partial charge in [-0.05, 0) is 55.2 Å². The first-order valence-corrected chi connectivity index (χ1v) is 11.0. The van der Waals surface area contributed by atoms with Gasteiger partial charge in [0.05, 0.1) is 11.1 Å². The van der Waals surface area contributed by atoms with Crippen molar-refractivity contribution in [2.24, 2.45) is 0 Å². The lowest BCUT2D eigenvalue weighted by atomic mass is 9.84. The molecule has 5 aromatic rings. The highest BCUT2D eigenvalue weighted by Gasteiger charge is 2.31. The molecule has 0 bridgehead atoms. The Morgan fingerprint density at radius 1 is 0.909 bits per heavy atom. The molecule has 0 saturated carbocycles. The Morgan fingerprint density at radius 3 is 2.67 bits per heavy atom. The van der Waals surface area contributed by atoms with Crippen LogP contribution in [-0.2, 0) is 18.3 Å². The molecule has 0 saturated heterocycles. The minimum atomic E-state index is -0.491. The molecule has 0 aliphatic carbocycles. The van der Waals surface area contributed by atoms with Crippen molar-refractivity contribution in [2.75, 3.05) is 0 Å². The number of benzene rings is 2. The topological polar surface area (TPSA) is 82.5 Å².